The lowest BCUT2D eigenvalue weighted by atomic mass is 10.2. The van der Waals surface area contributed by atoms with Crippen LogP contribution in [0.4, 0.5) is 0 Å². The molecule has 0 aromatic heterocycles. The Morgan fingerprint density at radius 3 is 2.80 bits per heavy atom. The van der Waals surface area contributed by atoms with Crippen LogP contribution in [0.5, 0.6) is 11.5 Å². The maximum Gasteiger partial charge on any atom is 0.128 e. The van der Waals surface area contributed by atoms with Crippen LogP contribution >= 0.6 is 0 Å². The van der Waals surface area contributed by atoms with Gasteiger partial charge < -0.3 is 14.6 Å². The van der Waals surface area contributed by atoms with Gasteiger partial charge in [0.25, 0.3) is 0 Å². The van der Waals surface area contributed by atoms with Gasteiger partial charge in [0, 0.05) is 11.6 Å². The molecule has 1 aromatic carbocycles. The molecule has 0 aliphatic heterocycles. The molecule has 3 nitrogen and oxygen atoms in total. The summed E-state index contributed by atoms with van der Waals surface area (Å²) in [5.74, 6) is 2.21. The van der Waals surface area contributed by atoms with E-state index in [-0.39, 0.29) is 6.61 Å². The van der Waals surface area contributed by atoms with Crippen molar-refractivity contribution in [1.82, 2.24) is 0 Å². The Hall–Kier alpha value is -1.22. The molecular weight excluding hydrogens is 192 g/mol. The fourth-order valence-corrected chi connectivity index (χ4v) is 1.42. The molecule has 1 aliphatic rings. The van der Waals surface area contributed by atoms with Gasteiger partial charge in [0.05, 0.1) is 20.3 Å². The van der Waals surface area contributed by atoms with E-state index in [0.717, 1.165) is 23.7 Å². The van der Waals surface area contributed by atoms with Gasteiger partial charge in [-0.15, -0.1) is 0 Å². The van der Waals surface area contributed by atoms with E-state index in [1.807, 2.05) is 18.2 Å². The molecule has 1 N–H and O–H groups in total. The standard InChI is InChI=1S/C12H16O3/c1-14-11-5-4-10(7-13)12(6-11)15-8-9-2-3-9/h4-6,9,13H,2-3,7-8H2,1H3. The highest BCUT2D eigenvalue weighted by Gasteiger charge is 2.22. The Morgan fingerprint density at radius 1 is 1.40 bits per heavy atom. The third-order valence-corrected chi connectivity index (χ3v) is 2.62. The smallest absolute Gasteiger partial charge is 0.128 e. The SMILES string of the molecule is COc1ccc(CO)c(OCC2CC2)c1. The largest absolute Gasteiger partial charge is 0.497 e. The number of aliphatic hydroxyl groups excluding tert-OH is 1. The molecular formula is C12H16O3. The third-order valence-electron chi connectivity index (χ3n) is 2.62. The maximum absolute atomic E-state index is 9.14. The van der Waals surface area contributed by atoms with Gasteiger partial charge in [-0.05, 0) is 30.9 Å². The minimum Gasteiger partial charge on any atom is -0.497 e. The number of hydrogen-bond donors (Lipinski definition) is 1. The number of hydrogen-bond acceptors (Lipinski definition) is 3. The van der Waals surface area contributed by atoms with E-state index in [9.17, 15) is 0 Å². The molecule has 1 fully saturated rings. The molecule has 0 heterocycles. The molecule has 1 saturated carbocycles. The molecule has 2 rings (SSSR count). The summed E-state index contributed by atoms with van der Waals surface area (Å²) in [5, 5.41) is 9.14. The van der Waals surface area contributed by atoms with Crippen LogP contribution in [0.15, 0.2) is 18.2 Å². The average Bonchev–Trinajstić information content (AvgIpc) is 3.09. The second kappa shape index (κ2) is 4.53. The van der Waals surface area contributed by atoms with Crippen molar-refractivity contribution in [2.45, 2.75) is 19.4 Å². The number of rotatable bonds is 5. The van der Waals surface area contributed by atoms with Crippen LogP contribution in [0.1, 0.15) is 18.4 Å². The van der Waals surface area contributed by atoms with Crippen molar-refractivity contribution in [2.75, 3.05) is 13.7 Å². The second-order valence-corrected chi connectivity index (χ2v) is 3.89. The highest BCUT2D eigenvalue weighted by Crippen LogP contribution is 2.31. The van der Waals surface area contributed by atoms with Crippen LogP contribution in [-0.4, -0.2) is 18.8 Å². The Labute approximate surface area is 89.6 Å². The molecule has 1 aromatic rings. The Morgan fingerprint density at radius 2 is 2.20 bits per heavy atom. The highest BCUT2D eigenvalue weighted by molar-refractivity contribution is 5.40. The number of ether oxygens (including phenoxy) is 2. The summed E-state index contributed by atoms with van der Waals surface area (Å²) < 4.78 is 10.8. The first-order valence-electron chi connectivity index (χ1n) is 5.24. The van der Waals surface area contributed by atoms with E-state index in [4.69, 9.17) is 14.6 Å². The van der Waals surface area contributed by atoms with Gasteiger partial charge in [-0.3, -0.25) is 0 Å². The summed E-state index contributed by atoms with van der Waals surface area (Å²) in [7, 11) is 1.62. The lowest BCUT2D eigenvalue weighted by molar-refractivity contribution is 0.257. The first kappa shape index (κ1) is 10.3. The zero-order valence-electron chi connectivity index (χ0n) is 8.90. The third kappa shape index (κ3) is 2.63. The number of methoxy groups -OCH3 is 1. The van der Waals surface area contributed by atoms with E-state index in [1.165, 1.54) is 12.8 Å². The van der Waals surface area contributed by atoms with Crippen LogP contribution < -0.4 is 9.47 Å². The summed E-state index contributed by atoms with van der Waals surface area (Å²) in [4.78, 5) is 0. The fourth-order valence-electron chi connectivity index (χ4n) is 1.42. The molecule has 3 heteroatoms. The van der Waals surface area contributed by atoms with E-state index in [2.05, 4.69) is 0 Å². The second-order valence-electron chi connectivity index (χ2n) is 3.89. The van der Waals surface area contributed by atoms with Gasteiger partial charge in [-0.1, -0.05) is 0 Å². The van der Waals surface area contributed by atoms with Gasteiger partial charge in [0.15, 0.2) is 0 Å². The molecule has 0 amide bonds. The van der Waals surface area contributed by atoms with Gasteiger partial charge in [-0.25, -0.2) is 0 Å². The van der Waals surface area contributed by atoms with Crippen molar-refractivity contribution in [3.63, 3.8) is 0 Å². The molecule has 0 atom stereocenters. The van der Waals surface area contributed by atoms with Crippen molar-refractivity contribution < 1.29 is 14.6 Å². The summed E-state index contributed by atoms with van der Waals surface area (Å²) in [6.45, 7) is 0.754. The van der Waals surface area contributed by atoms with Crippen LogP contribution in [0.25, 0.3) is 0 Å². The average molecular weight is 208 g/mol. The molecule has 0 unspecified atom stereocenters. The summed E-state index contributed by atoms with van der Waals surface area (Å²) in [6.07, 6.45) is 2.52. The first-order chi connectivity index (χ1) is 7.33. The molecule has 15 heavy (non-hydrogen) atoms. The molecule has 0 radical (unpaired) electrons. The van der Waals surface area contributed by atoms with Crippen molar-refractivity contribution in [2.24, 2.45) is 5.92 Å². The lowest BCUT2D eigenvalue weighted by Gasteiger charge is -2.11. The lowest BCUT2D eigenvalue weighted by Crippen LogP contribution is -2.02. The van der Waals surface area contributed by atoms with E-state index >= 15 is 0 Å². The number of aliphatic hydroxyl groups is 1. The minimum absolute atomic E-state index is 0.00396. The summed E-state index contributed by atoms with van der Waals surface area (Å²) in [5.41, 5.74) is 0.816. The van der Waals surface area contributed by atoms with Crippen LogP contribution in [0.3, 0.4) is 0 Å². The topological polar surface area (TPSA) is 38.7 Å². The minimum atomic E-state index is 0.00396. The highest BCUT2D eigenvalue weighted by atomic mass is 16.5. The number of benzene rings is 1. The van der Waals surface area contributed by atoms with Gasteiger partial charge in [-0.2, -0.15) is 0 Å². The first-order valence-corrected chi connectivity index (χ1v) is 5.24. The van der Waals surface area contributed by atoms with E-state index in [1.54, 1.807) is 7.11 Å². The van der Waals surface area contributed by atoms with Crippen molar-refractivity contribution in [1.29, 1.82) is 0 Å². The van der Waals surface area contributed by atoms with Crippen LogP contribution in [0.2, 0.25) is 0 Å². The van der Waals surface area contributed by atoms with Crippen molar-refractivity contribution in [3.8, 4) is 11.5 Å². The quantitative estimate of drug-likeness (QED) is 0.804. The van der Waals surface area contributed by atoms with Crippen molar-refractivity contribution >= 4 is 0 Å². The molecule has 1 aliphatic carbocycles. The van der Waals surface area contributed by atoms with Gasteiger partial charge in [0.2, 0.25) is 0 Å². The summed E-state index contributed by atoms with van der Waals surface area (Å²) in [6, 6.07) is 5.49. The van der Waals surface area contributed by atoms with Gasteiger partial charge in [0.1, 0.15) is 11.5 Å². The molecule has 0 spiro atoms. The van der Waals surface area contributed by atoms with Gasteiger partial charge >= 0.3 is 0 Å². The predicted octanol–water partition coefficient (Wildman–Crippen LogP) is 1.98. The molecule has 82 valence electrons. The normalized spacial score (nSPS) is 15.1. The fraction of sp³-hybridized carbons (Fsp3) is 0.500. The Kier molecular flexibility index (Phi) is 3.11. The molecule has 0 bridgehead atoms. The Bertz CT molecular complexity index is 332. The Balaban J connectivity index is 2.08. The zero-order chi connectivity index (χ0) is 10.7. The predicted molar refractivity (Wildman–Crippen MR) is 57.1 cm³/mol. The summed E-state index contributed by atoms with van der Waals surface area (Å²) >= 11 is 0. The zero-order valence-corrected chi connectivity index (χ0v) is 8.90. The maximum atomic E-state index is 9.14. The van der Waals surface area contributed by atoms with Crippen LogP contribution in [0, 0.1) is 5.92 Å². The van der Waals surface area contributed by atoms with Crippen molar-refractivity contribution in [3.05, 3.63) is 23.8 Å². The van der Waals surface area contributed by atoms with Crippen LogP contribution in [-0.2, 0) is 6.61 Å². The monoisotopic (exact) mass is 208 g/mol. The molecule has 0 saturated heterocycles. The van der Waals surface area contributed by atoms with E-state index in [0.29, 0.717) is 5.92 Å². The van der Waals surface area contributed by atoms with E-state index < -0.39 is 0 Å².